The number of thioether (sulfide) groups is 1. The third-order valence-corrected chi connectivity index (χ3v) is 5.67. The van der Waals surface area contributed by atoms with Crippen LogP contribution in [0.5, 0.6) is 0 Å². The van der Waals surface area contributed by atoms with Gasteiger partial charge in [-0.25, -0.2) is 4.98 Å². The summed E-state index contributed by atoms with van der Waals surface area (Å²) in [6, 6.07) is 22.2. The second kappa shape index (κ2) is 6.63. The highest BCUT2D eigenvalue weighted by atomic mass is 32.2. The number of benzene rings is 3. The van der Waals surface area contributed by atoms with E-state index in [1.165, 1.54) is 33.9 Å². The van der Waals surface area contributed by atoms with Gasteiger partial charge in [0.1, 0.15) is 0 Å². The monoisotopic (exact) mass is 350 g/mol. The molecule has 118 valence electrons. The van der Waals surface area contributed by atoms with Crippen molar-refractivity contribution in [3.05, 3.63) is 66.7 Å². The molecule has 1 aromatic heterocycles. The van der Waals surface area contributed by atoms with E-state index in [0.29, 0.717) is 10.9 Å². The van der Waals surface area contributed by atoms with E-state index < -0.39 is 0 Å². The normalized spacial score (nSPS) is 11.0. The number of rotatable bonds is 4. The number of nitrogens with zero attached hydrogens (tertiary/aromatic N) is 1. The maximum atomic E-state index is 12.2. The van der Waals surface area contributed by atoms with Gasteiger partial charge in [0.15, 0.2) is 5.13 Å². The molecule has 1 heterocycles. The molecule has 0 fully saturated rings. The molecule has 5 heteroatoms. The topological polar surface area (TPSA) is 42.0 Å². The van der Waals surface area contributed by atoms with Gasteiger partial charge in [-0.05, 0) is 23.6 Å². The summed E-state index contributed by atoms with van der Waals surface area (Å²) in [7, 11) is 0. The van der Waals surface area contributed by atoms with Crippen LogP contribution in [-0.4, -0.2) is 16.6 Å². The Balaban J connectivity index is 1.52. The first kappa shape index (κ1) is 15.2. The largest absolute Gasteiger partial charge is 0.301 e. The van der Waals surface area contributed by atoms with E-state index >= 15 is 0 Å². The Hall–Kier alpha value is -2.37. The van der Waals surface area contributed by atoms with E-state index in [9.17, 15) is 4.79 Å². The van der Waals surface area contributed by atoms with Gasteiger partial charge in [-0.1, -0.05) is 59.9 Å². The molecular weight excluding hydrogens is 336 g/mol. The van der Waals surface area contributed by atoms with Crippen LogP contribution in [0.3, 0.4) is 0 Å². The lowest BCUT2D eigenvalue weighted by Crippen LogP contribution is -2.13. The number of anilines is 1. The van der Waals surface area contributed by atoms with Gasteiger partial charge in [-0.2, -0.15) is 0 Å². The smallest absolute Gasteiger partial charge is 0.236 e. The Morgan fingerprint density at radius 1 is 1.00 bits per heavy atom. The molecule has 0 aliphatic carbocycles. The van der Waals surface area contributed by atoms with Gasteiger partial charge in [0, 0.05) is 10.3 Å². The van der Waals surface area contributed by atoms with Crippen molar-refractivity contribution in [2.24, 2.45) is 0 Å². The summed E-state index contributed by atoms with van der Waals surface area (Å²) >= 11 is 3.05. The number of amides is 1. The average Bonchev–Trinajstić information content (AvgIpc) is 3.04. The standard InChI is InChI=1S/C19H14N2OS2/c22-17(12-23-14-7-2-1-3-8-14)21-19-20-16-11-10-13-6-4-5-9-15(13)18(16)24-19/h1-11H,12H2,(H,20,21,22). The molecule has 0 saturated carbocycles. The Morgan fingerprint density at radius 2 is 1.79 bits per heavy atom. The fourth-order valence-corrected chi connectivity index (χ4v) is 4.27. The van der Waals surface area contributed by atoms with Crippen LogP contribution < -0.4 is 5.32 Å². The Morgan fingerprint density at radius 3 is 2.67 bits per heavy atom. The molecular formula is C19H14N2OS2. The predicted octanol–water partition coefficient (Wildman–Crippen LogP) is 5.18. The van der Waals surface area contributed by atoms with Gasteiger partial charge in [-0.3, -0.25) is 4.79 Å². The third-order valence-electron chi connectivity index (χ3n) is 3.64. The fourth-order valence-electron chi connectivity index (χ4n) is 2.53. The number of carbonyl (C=O) groups is 1. The van der Waals surface area contributed by atoms with Crippen LogP contribution in [0.15, 0.2) is 71.6 Å². The first-order chi connectivity index (χ1) is 11.8. The summed E-state index contributed by atoms with van der Waals surface area (Å²) in [6.45, 7) is 0. The quantitative estimate of drug-likeness (QED) is 0.516. The van der Waals surface area contributed by atoms with Crippen LogP contribution in [0.1, 0.15) is 0 Å². The highest BCUT2D eigenvalue weighted by Gasteiger charge is 2.10. The zero-order valence-electron chi connectivity index (χ0n) is 12.7. The summed E-state index contributed by atoms with van der Waals surface area (Å²) in [5, 5.41) is 5.93. The molecule has 3 aromatic carbocycles. The Bertz CT molecular complexity index is 1010. The molecule has 0 atom stereocenters. The fraction of sp³-hybridized carbons (Fsp3) is 0.0526. The molecule has 0 radical (unpaired) electrons. The SMILES string of the molecule is O=C(CSc1ccccc1)Nc1nc2ccc3ccccc3c2s1. The van der Waals surface area contributed by atoms with Gasteiger partial charge in [0.05, 0.1) is 16.0 Å². The minimum atomic E-state index is -0.0350. The summed E-state index contributed by atoms with van der Waals surface area (Å²) in [4.78, 5) is 17.8. The van der Waals surface area contributed by atoms with Crippen molar-refractivity contribution in [2.75, 3.05) is 11.1 Å². The summed E-state index contributed by atoms with van der Waals surface area (Å²) < 4.78 is 1.11. The third kappa shape index (κ3) is 3.13. The summed E-state index contributed by atoms with van der Waals surface area (Å²) in [5.74, 6) is 0.341. The molecule has 0 spiro atoms. The van der Waals surface area contributed by atoms with Crippen LogP contribution in [0, 0.1) is 0 Å². The minimum Gasteiger partial charge on any atom is -0.301 e. The number of fused-ring (bicyclic) bond motifs is 3. The molecule has 0 aliphatic rings. The second-order valence-electron chi connectivity index (χ2n) is 5.30. The van der Waals surface area contributed by atoms with Crippen LogP contribution in [-0.2, 0) is 4.79 Å². The van der Waals surface area contributed by atoms with Gasteiger partial charge in [-0.15, -0.1) is 11.8 Å². The summed E-state index contributed by atoms with van der Waals surface area (Å²) in [6.07, 6.45) is 0. The maximum Gasteiger partial charge on any atom is 0.236 e. The van der Waals surface area contributed by atoms with Crippen LogP contribution in [0.25, 0.3) is 21.0 Å². The average molecular weight is 350 g/mol. The van der Waals surface area contributed by atoms with E-state index in [1.54, 1.807) is 0 Å². The number of aromatic nitrogens is 1. The molecule has 1 amide bonds. The van der Waals surface area contributed by atoms with Crippen LogP contribution >= 0.6 is 23.1 Å². The molecule has 3 nitrogen and oxygen atoms in total. The van der Waals surface area contributed by atoms with Crippen molar-refractivity contribution >= 4 is 55.1 Å². The number of nitrogens with one attached hydrogen (secondary N) is 1. The first-order valence-electron chi connectivity index (χ1n) is 7.55. The molecule has 1 N–H and O–H groups in total. The molecule has 0 bridgehead atoms. The molecule has 0 unspecified atom stereocenters. The van der Waals surface area contributed by atoms with Gasteiger partial charge < -0.3 is 5.32 Å². The zero-order valence-corrected chi connectivity index (χ0v) is 14.4. The highest BCUT2D eigenvalue weighted by molar-refractivity contribution is 8.00. The van der Waals surface area contributed by atoms with Crippen molar-refractivity contribution < 1.29 is 4.79 Å². The van der Waals surface area contributed by atoms with Crippen molar-refractivity contribution in [1.82, 2.24) is 4.98 Å². The molecule has 24 heavy (non-hydrogen) atoms. The lowest BCUT2D eigenvalue weighted by Gasteiger charge is -2.01. The van der Waals surface area contributed by atoms with E-state index in [4.69, 9.17) is 0 Å². The van der Waals surface area contributed by atoms with Crippen molar-refractivity contribution in [3.63, 3.8) is 0 Å². The van der Waals surface area contributed by atoms with E-state index in [1.807, 2.05) is 48.5 Å². The van der Waals surface area contributed by atoms with Crippen molar-refractivity contribution in [1.29, 1.82) is 0 Å². The number of carbonyl (C=O) groups excluding carboxylic acids is 1. The molecule has 0 aliphatic heterocycles. The van der Waals surface area contributed by atoms with Crippen LogP contribution in [0.4, 0.5) is 5.13 Å². The highest BCUT2D eigenvalue weighted by Crippen LogP contribution is 2.32. The van der Waals surface area contributed by atoms with E-state index in [-0.39, 0.29) is 5.91 Å². The van der Waals surface area contributed by atoms with Gasteiger partial charge >= 0.3 is 0 Å². The maximum absolute atomic E-state index is 12.2. The number of hydrogen-bond acceptors (Lipinski definition) is 4. The van der Waals surface area contributed by atoms with Crippen molar-refractivity contribution in [3.8, 4) is 0 Å². The Kier molecular flexibility index (Phi) is 4.19. The Labute approximate surface area is 147 Å². The number of hydrogen-bond donors (Lipinski definition) is 1. The number of thiazole rings is 1. The van der Waals surface area contributed by atoms with Gasteiger partial charge in [0.2, 0.25) is 5.91 Å². The molecule has 0 saturated heterocycles. The minimum absolute atomic E-state index is 0.0350. The first-order valence-corrected chi connectivity index (χ1v) is 9.36. The lowest BCUT2D eigenvalue weighted by atomic mass is 10.1. The van der Waals surface area contributed by atoms with Crippen LogP contribution in [0.2, 0.25) is 0 Å². The molecule has 4 rings (SSSR count). The second-order valence-corrected chi connectivity index (χ2v) is 7.35. The van der Waals surface area contributed by atoms with E-state index in [2.05, 4.69) is 28.5 Å². The molecule has 4 aromatic rings. The van der Waals surface area contributed by atoms with E-state index in [0.717, 1.165) is 15.1 Å². The summed E-state index contributed by atoms with van der Waals surface area (Å²) in [5.41, 5.74) is 0.921. The van der Waals surface area contributed by atoms with Gasteiger partial charge in [0.25, 0.3) is 0 Å². The zero-order chi connectivity index (χ0) is 16.4. The lowest BCUT2D eigenvalue weighted by molar-refractivity contribution is -0.113. The van der Waals surface area contributed by atoms with Crippen molar-refractivity contribution in [2.45, 2.75) is 4.90 Å². The predicted molar refractivity (Wildman–Crippen MR) is 103 cm³/mol.